The predicted octanol–water partition coefficient (Wildman–Crippen LogP) is 4.08. The molecule has 1 radical (unpaired) electrons. The third-order valence-corrected chi connectivity index (χ3v) is 5.00. The lowest BCUT2D eigenvalue weighted by Crippen LogP contribution is -2.11. The van der Waals surface area contributed by atoms with Crippen LogP contribution < -0.4 is 10.6 Å². The van der Waals surface area contributed by atoms with Crippen LogP contribution in [0.3, 0.4) is 0 Å². The zero-order valence-electron chi connectivity index (χ0n) is 10.2. The normalized spacial score (nSPS) is 10.7. The zero-order chi connectivity index (χ0) is 11.9. The molecule has 2 aromatic rings. The van der Waals surface area contributed by atoms with Crippen molar-refractivity contribution in [3.05, 3.63) is 66.8 Å². The van der Waals surface area contributed by atoms with Crippen molar-refractivity contribution in [2.75, 3.05) is 0 Å². The van der Waals surface area contributed by atoms with E-state index in [0.717, 1.165) is 0 Å². The first-order chi connectivity index (χ1) is 8.42. The van der Waals surface area contributed by atoms with Crippen LogP contribution >= 0.6 is 7.92 Å². The van der Waals surface area contributed by atoms with Gasteiger partial charge in [0, 0.05) is 0 Å². The molecule has 17 heavy (non-hydrogen) atoms. The molecule has 0 heterocycles. The van der Waals surface area contributed by atoms with Crippen LogP contribution in [0.25, 0.3) is 0 Å². The van der Waals surface area contributed by atoms with Crippen molar-refractivity contribution in [3.8, 4) is 0 Å². The number of hydrogen-bond donors (Lipinski definition) is 0. The fourth-order valence-corrected chi connectivity index (χ4v) is 4.02. The molecule has 0 aliphatic carbocycles. The molecule has 0 aromatic heterocycles. The van der Waals surface area contributed by atoms with E-state index in [-0.39, 0.29) is 7.92 Å². The molecule has 0 aliphatic heterocycles. The summed E-state index contributed by atoms with van der Waals surface area (Å²) in [6, 6.07) is 21.7. The Kier molecular flexibility index (Phi) is 4.76. The van der Waals surface area contributed by atoms with Gasteiger partial charge in [-0.3, -0.25) is 0 Å². The van der Waals surface area contributed by atoms with Gasteiger partial charge in [0.1, 0.15) is 0 Å². The van der Waals surface area contributed by atoms with Crippen LogP contribution in [0.5, 0.6) is 0 Å². The molecule has 1 heteroatoms. The van der Waals surface area contributed by atoms with E-state index in [1.165, 1.54) is 23.5 Å². The van der Waals surface area contributed by atoms with Gasteiger partial charge >= 0.3 is 0 Å². The van der Waals surface area contributed by atoms with Crippen LogP contribution in [0.15, 0.2) is 60.7 Å². The minimum atomic E-state index is -0.282. The standard InChI is InChI=1S/C16H18P/c1-2-3-14-17(15-10-6-4-7-11-15)16-12-8-5-9-13-16/h4-14H,2-3H2,1H3. The SMILES string of the molecule is CCC[CH]P(c1ccccc1)c1ccccc1. The number of hydrogen-bond acceptors (Lipinski definition) is 0. The van der Waals surface area contributed by atoms with Gasteiger partial charge in [0.2, 0.25) is 0 Å². The molecule has 0 unspecified atom stereocenters. The summed E-state index contributed by atoms with van der Waals surface area (Å²) < 4.78 is 0. The summed E-state index contributed by atoms with van der Waals surface area (Å²) in [7, 11) is -0.282. The Labute approximate surface area is 105 Å². The fourth-order valence-electron chi connectivity index (χ4n) is 1.80. The second-order valence-corrected chi connectivity index (χ2v) is 6.15. The van der Waals surface area contributed by atoms with Crippen LogP contribution in [0.2, 0.25) is 0 Å². The molecule has 0 spiro atoms. The molecule has 0 aliphatic rings. The van der Waals surface area contributed by atoms with Crippen LogP contribution in [-0.2, 0) is 0 Å². The van der Waals surface area contributed by atoms with Crippen molar-refractivity contribution in [3.63, 3.8) is 0 Å². The topological polar surface area (TPSA) is 0 Å². The van der Waals surface area contributed by atoms with Crippen molar-refractivity contribution >= 4 is 18.5 Å². The van der Waals surface area contributed by atoms with Gasteiger partial charge in [-0.05, 0) is 31.1 Å². The third kappa shape index (κ3) is 3.41. The first kappa shape index (κ1) is 12.3. The molecule has 2 aromatic carbocycles. The molecule has 0 nitrogen and oxygen atoms in total. The summed E-state index contributed by atoms with van der Waals surface area (Å²) in [4.78, 5) is 0. The van der Waals surface area contributed by atoms with Gasteiger partial charge in [-0.1, -0.05) is 74.0 Å². The Hall–Kier alpha value is -1.13. The van der Waals surface area contributed by atoms with Gasteiger partial charge in [-0.15, -0.1) is 0 Å². The lowest BCUT2D eigenvalue weighted by Gasteiger charge is -2.17. The Bertz CT molecular complexity index is 382. The van der Waals surface area contributed by atoms with Gasteiger partial charge in [-0.25, -0.2) is 0 Å². The van der Waals surface area contributed by atoms with Crippen molar-refractivity contribution in [1.82, 2.24) is 0 Å². The Morgan fingerprint density at radius 2 is 1.29 bits per heavy atom. The number of unbranched alkanes of at least 4 members (excludes halogenated alkanes) is 1. The summed E-state index contributed by atoms with van der Waals surface area (Å²) in [5.74, 6) is 0. The maximum absolute atomic E-state index is 2.49. The lowest BCUT2D eigenvalue weighted by atomic mass is 10.4. The molecule has 0 bridgehead atoms. The summed E-state index contributed by atoms with van der Waals surface area (Å²) in [6.07, 6.45) is 4.90. The van der Waals surface area contributed by atoms with Crippen molar-refractivity contribution < 1.29 is 0 Å². The zero-order valence-corrected chi connectivity index (χ0v) is 11.1. The van der Waals surface area contributed by atoms with Gasteiger partial charge in [-0.2, -0.15) is 0 Å². The van der Waals surface area contributed by atoms with Crippen LogP contribution in [0.4, 0.5) is 0 Å². The van der Waals surface area contributed by atoms with Crippen LogP contribution in [0.1, 0.15) is 19.8 Å². The maximum atomic E-state index is 2.49. The second kappa shape index (κ2) is 6.57. The molecular weight excluding hydrogens is 223 g/mol. The highest BCUT2D eigenvalue weighted by atomic mass is 31.1. The Morgan fingerprint density at radius 1 is 0.824 bits per heavy atom. The van der Waals surface area contributed by atoms with E-state index in [2.05, 4.69) is 73.7 Å². The molecule has 0 saturated heterocycles. The summed E-state index contributed by atoms with van der Waals surface area (Å²) in [5, 5.41) is 2.89. The largest absolute Gasteiger partial charge is 0.0654 e. The van der Waals surface area contributed by atoms with Crippen LogP contribution in [-0.4, -0.2) is 0 Å². The smallest absolute Gasteiger partial charge is 0.00552 e. The van der Waals surface area contributed by atoms with Gasteiger partial charge in [0.25, 0.3) is 0 Å². The Balaban J connectivity index is 2.26. The van der Waals surface area contributed by atoms with E-state index in [1.54, 1.807) is 0 Å². The minimum absolute atomic E-state index is 0.282. The van der Waals surface area contributed by atoms with E-state index in [4.69, 9.17) is 0 Å². The number of rotatable bonds is 5. The average molecular weight is 241 g/mol. The molecular formula is C16H18P. The first-order valence-corrected chi connectivity index (χ1v) is 7.55. The van der Waals surface area contributed by atoms with E-state index in [0.29, 0.717) is 0 Å². The molecule has 0 saturated carbocycles. The van der Waals surface area contributed by atoms with Gasteiger partial charge < -0.3 is 0 Å². The van der Waals surface area contributed by atoms with Crippen molar-refractivity contribution in [2.24, 2.45) is 0 Å². The fraction of sp³-hybridized carbons (Fsp3) is 0.188. The highest BCUT2D eigenvalue weighted by Gasteiger charge is 2.12. The average Bonchev–Trinajstić information content (AvgIpc) is 2.42. The number of benzene rings is 2. The Morgan fingerprint density at radius 3 is 1.71 bits per heavy atom. The van der Waals surface area contributed by atoms with Crippen molar-refractivity contribution in [2.45, 2.75) is 19.8 Å². The lowest BCUT2D eigenvalue weighted by molar-refractivity contribution is 0.943. The molecule has 0 amide bonds. The first-order valence-electron chi connectivity index (χ1n) is 6.14. The summed E-state index contributed by atoms with van der Waals surface area (Å²) in [5.41, 5.74) is 0. The maximum Gasteiger partial charge on any atom is -0.00552 e. The molecule has 0 N–H and O–H groups in total. The van der Waals surface area contributed by atoms with Crippen molar-refractivity contribution in [1.29, 1.82) is 0 Å². The third-order valence-electron chi connectivity index (χ3n) is 2.67. The molecule has 87 valence electrons. The minimum Gasteiger partial charge on any atom is -0.0654 e. The van der Waals surface area contributed by atoms with E-state index in [1.807, 2.05) is 0 Å². The van der Waals surface area contributed by atoms with E-state index >= 15 is 0 Å². The molecule has 2 rings (SSSR count). The summed E-state index contributed by atoms with van der Waals surface area (Å²) in [6.45, 7) is 2.24. The van der Waals surface area contributed by atoms with Gasteiger partial charge in [0.15, 0.2) is 0 Å². The molecule has 0 fully saturated rings. The van der Waals surface area contributed by atoms with E-state index < -0.39 is 0 Å². The molecule has 0 atom stereocenters. The second-order valence-electron chi connectivity index (χ2n) is 4.01. The quantitative estimate of drug-likeness (QED) is 0.692. The highest BCUT2D eigenvalue weighted by molar-refractivity contribution is 7.74. The van der Waals surface area contributed by atoms with Crippen LogP contribution in [0, 0.1) is 6.16 Å². The van der Waals surface area contributed by atoms with E-state index in [9.17, 15) is 0 Å². The highest BCUT2D eigenvalue weighted by Crippen LogP contribution is 2.38. The van der Waals surface area contributed by atoms with Gasteiger partial charge in [0.05, 0.1) is 0 Å². The summed E-state index contributed by atoms with van der Waals surface area (Å²) >= 11 is 0. The predicted molar refractivity (Wildman–Crippen MR) is 78.3 cm³/mol. The monoisotopic (exact) mass is 241 g/mol.